The molecule has 1 aromatic heterocycles. The van der Waals surface area contributed by atoms with Gasteiger partial charge in [0.25, 0.3) is 0 Å². The van der Waals surface area contributed by atoms with Gasteiger partial charge in [-0.05, 0) is 25.8 Å². The summed E-state index contributed by atoms with van der Waals surface area (Å²) in [7, 11) is 1.67. The van der Waals surface area contributed by atoms with Gasteiger partial charge < -0.3 is 14.7 Å². The monoisotopic (exact) mass is 205 g/mol. The Morgan fingerprint density at radius 3 is 2.70 bits per heavy atom. The van der Waals surface area contributed by atoms with E-state index in [0.29, 0.717) is 4.60 Å². The van der Waals surface area contributed by atoms with Crippen LogP contribution in [0.1, 0.15) is 0 Å². The Hall–Kier alpha value is -0.910. The van der Waals surface area contributed by atoms with E-state index in [4.69, 9.17) is 0 Å². The van der Waals surface area contributed by atoms with Crippen LogP contribution in [0, 0.1) is 10.1 Å². The van der Waals surface area contributed by atoms with Crippen molar-refractivity contribution in [3.8, 4) is 0 Å². The van der Waals surface area contributed by atoms with Crippen molar-refractivity contribution in [1.82, 2.24) is 9.55 Å². The number of nitrogens with zero attached hydrogens (tertiary/aromatic N) is 3. The van der Waals surface area contributed by atoms with Crippen LogP contribution in [-0.2, 0) is 7.05 Å². The second kappa shape index (κ2) is 2.37. The SMILES string of the molecule is Cn1cnc([N+](=O)[O-])c1Br. The van der Waals surface area contributed by atoms with E-state index in [2.05, 4.69) is 20.9 Å². The molecule has 0 radical (unpaired) electrons. The van der Waals surface area contributed by atoms with Crippen LogP contribution in [0.4, 0.5) is 5.82 Å². The third kappa shape index (κ3) is 1.02. The number of nitro groups is 1. The van der Waals surface area contributed by atoms with E-state index in [9.17, 15) is 10.1 Å². The van der Waals surface area contributed by atoms with Crippen LogP contribution < -0.4 is 0 Å². The Labute approximate surface area is 65.0 Å². The smallest absolute Gasteiger partial charge is 0.358 e. The molecule has 5 nitrogen and oxygen atoms in total. The molecule has 0 aliphatic carbocycles. The summed E-state index contributed by atoms with van der Waals surface area (Å²) >= 11 is 3.01. The minimum absolute atomic E-state index is 0.150. The van der Waals surface area contributed by atoms with Crippen molar-refractivity contribution in [2.24, 2.45) is 7.05 Å². The Morgan fingerprint density at radius 1 is 1.90 bits per heavy atom. The highest BCUT2D eigenvalue weighted by atomic mass is 79.9. The number of aryl methyl sites for hydroxylation is 1. The zero-order valence-corrected chi connectivity index (χ0v) is 6.70. The zero-order chi connectivity index (χ0) is 7.72. The fourth-order valence-electron chi connectivity index (χ4n) is 0.525. The average molecular weight is 206 g/mol. The Bertz CT molecular complexity index is 269. The number of hydrogen-bond acceptors (Lipinski definition) is 3. The first-order valence-electron chi connectivity index (χ1n) is 2.44. The molecule has 0 unspecified atom stereocenters. The van der Waals surface area contributed by atoms with Gasteiger partial charge in [-0.3, -0.25) is 0 Å². The Morgan fingerprint density at radius 2 is 2.50 bits per heavy atom. The number of rotatable bonds is 1. The minimum Gasteiger partial charge on any atom is -0.358 e. The summed E-state index contributed by atoms with van der Waals surface area (Å²) in [6.07, 6.45) is 1.38. The van der Waals surface area contributed by atoms with E-state index >= 15 is 0 Å². The molecule has 0 aliphatic heterocycles. The summed E-state index contributed by atoms with van der Waals surface area (Å²) in [5, 5.41) is 10.1. The maximum atomic E-state index is 10.1. The van der Waals surface area contributed by atoms with E-state index in [1.807, 2.05) is 0 Å². The molecule has 10 heavy (non-hydrogen) atoms. The summed E-state index contributed by atoms with van der Waals surface area (Å²) in [4.78, 5) is 13.1. The Kier molecular flexibility index (Phi) is 1.71. The van der Waals surface area contributed by atoms with Gasteiger partial charge >= 0.3 is 5.82 Å². The van der Waals surface area contributed by atoms with Crippen LogP contribution in [-0.4, -0.2) is 14.5 Å². The summed E-state index contributed by atoms with van der Waals surface area (Å²) < 4.78 is 1.91. The molecule has 0 saturated heterocycles. The third-order valence-electron chi connectivity index (χ3n) is 1.02. The van der Waals surface area contributed by atoms with Gasteiger partial charge in [0.2, 0.25) is 6.33 Å². The molecule has 0 saturated carbocycles. The first-order valence-corrected chi connectivity index (χ1v) is 3.23. The van der Waals surface area contributed by atoms with Crippen molar-refractivity contribution in [1.29, 1.82) is 0 Å². The normalized spacial score (nSPS) is 9.80. The lowest BCUT2D eigenvalue weighted by Crippen LogP contribution is -1.89. The van der Waals surface area contributed by atoms with Crippen LogP contribution in [0.5, 0.6) is 0 Å². The second-order valence-corrected chi connectivity index (χ2v) is 2.48. The molecule has 0 aliphatic rings. The number of imidazole rings is 1. The fraction of sp³-hybridized carbons (Fsp3) is 0.250. The van der Waals surface area contributed by atoms with Crippen molar-refractivity contribution in [2.75, 3.05) is 0 Å². The molecule has 0 N–H and O–H groups in total. The number of hydrogen-bond donors (Lipinski definition) is 0. The quantitative estimate of drug-likeness (QED) is 0.510. The highest BCUT2D eigenvalue weighted by Gasteiger charge is 2.16. The predicted molar refractivity (Wildman–Crippen MR) is 37.6 cm³/mol. The van der Waals surface area contributed by atoms with Crippen LogP contribution in [0.15, 0.2) is 10.9 Å². The van der Waals surface area contributed by atoms with Crippen LogP contribution in [0.3, 0.4) is 0 Å². The topological polar surface area (TPSA) is 61.0 Å². The van der Waals surface area contributed by atoms with Gasteiger partial charge in [0.15, 0.2) is 4.60 Å². The standard InChI is InChI=1S/C4H4BrN3O2/c1-7-2-6-4(3(7)5)8(9)10/h2H,1H3. The van der Waals surface area contributed by atoms with Crippen molar-refractivity contribution in [3.63, 3.8) is 0 Å². The van der Waals surface area contributed by atoms with E-state index in [0.717, 1.165) is 0 Å². The van der Waals surface area contributed by atoms with E-state index < -0.39 is 4.92 Å². The van der Waals surface area contributed by atoms with Crippen molar-refractivity contribution in [3.05, 3.63) is 21.0 Å². The molecule has 1 heterocycles. The van der Waals surface area contributed by atoms with Gasteiger partial charge in [0.1, 0.15) is 0 Å². The molecular weight excluding hydrogens is 202 g/mol. The third-order valence-corrected chi connectivity index (χ3v) is 1.93. The molecule has 1 aromatic rings. The van der Waals surface area contributed by atoms with Gasteiger partial charge in [-0.15, -0.1) is 0 Å². The summed E-state index contributed by atoms with van der Waals surface area (Å²) in [5.41, 5.74) is 0. The van der Waals surface area contributed by atoms with E-state index in [1.54, 1.807) is 7.05 Å². The molecule has 1 rings (SSSR count). The van der Waals surface area contributed by atoms with Crippen molar-refractivity contribution < 1.29 is 4.92 Å². The fourth-order valence-corrected chi connectivity index (χ4v) is 0.864. The lowest BCUT2D eigenvalue weighted by Gasteiger charge is -1.89. The lowest BCUT2D eigenvalue weighted by atomic mass is 10.8. The first-order chi connectivity index (χ1) is 4.63. The molecule has 54 valence electrons. The minimum atomic E-state index is -0.538. The summed E-state index contributed by atoms with van der Waals surface area (Å²) in [6.45, 7) is 0. The maximum absolute atomic E-state index is 10.1. The molecule has 0 bridgehead atoms. The zero-order valence-electron chi connectivity index (χ0n) is 5.11. The predicted octanol–water partition coefficient (Wildman–Crippen LogP) is 1.09. The van der Waals surface area contributed by atoms with E-state index in [1.165, 1.54) is 10.9 Å². The second-order valence-electron chi connectivity index (χ2n) is 1.73. The highest BCUT2D eigenvalue weighted by molar-refractivity contribution is 9.10. The summed E-state index contributed by atoms with van der Waals surface area (Å²) in [5.74, 6) is -0.150. The largest absolute Gasteiger partial charge is 0.396 e. The van der Waals surface area contributed by atoms with Gasteiger partial charge in [0, 0.05) is 7.05 Å². The van der Waals surface area contributed by atoms with Gasteiger partial charge in [-0.1, -0.05) is 0 Å². The molecule has 0 atom stereocenters. The van der Waals surface area contributed by atoms with Crippen molar-refractivity contribution in [2.45, 2.75) is 0 Å². The van der Waals surface area contributed by atoms with Gasteiger partial charge in [0.05, 0.1) is 0 Å². The van der Waals surface area contributed by atoms with Crippen LogP contribution in [0.2, 0.25) is 0 Å². The van der Waals surface area contributed by atoms with Gasteiger partial charge in [-0.2, -0.15) is 0 Å². The van der Waals surface area contributed by atoms with Crippen molar-refractivity contribution >= 4 is 21.7 Å². The first kappa shape index (κ1) is 7.20. The van der Waals surface area contributed by atoms with Crippen LogP contribution in [0.25, 0.3) is 0 Å². The summed E-state index contributed by atoms with van der Waals surface area (Å²) in [6, 6.07) is 0. The Balaban J connectivity index is 3.17. The molecule has 0 spiro atoms. The highest BCUT2D eigenvalue weighted by Crippen LogP contribution is 2.20. The molecule has 0 amide bonds. The molecular formula is C4H4BrN3O2. The number of aromatic nitrogens is 2. The lowest BCUT2D eigenvalue weighted by molar-refractivity contribution is -0.390. The van der Waals surface area contributed by atoms with Crippen LogP contribution >= 0.6 is 15.9 Å². The maximum Gasteiger partial charge on any atom is 0.396 e. The van der Waals surface area contributed by atoms with E-state index in [-0.39, 0.29) is 5.82 Å². The average Bonchev–Trinajstić information content (AvgIpc) is 2.14. The van der Waals surface area contributed by atoms with Gasteiger partial charge in [-0.25, -0.2) is 0 Å². The molecule has 6 heteroatoms. The number of halogens is 1. The molecule has 0 fully saturated rings. The molecule has 0 aromatic carbocycles.